The van der Waals surface area contributed by atoms with Gasteiger partial charge < -0.3 is 6.92 Å². The van der Waals surface area contributed by atoms with Crippen LogP contribution in [0.25, 0.3) is 0 Å². The minimum Gasteiger partial charge on any atom is -0.343 e. The van der Waals surface area contributed by atoms with Crippen LogP contribution in [0.5, 0.6) is 0 Å². The molecule has 0 aromatic rings. The minimum atomic E-state index is -1.05. The summed E-state index contributed by atoms with van der Waals surface area (Å²) in [6.07, 6.45) is 2.36. The van der Waals surface area contributed by atoms with Gasteiger partial charge in [-0.3, -0.25) is 0 Å². The molecule has 0 aromatic heterocycles. The molecule has 0 aliphatic rings. The van der Waals surface area contributed by atoms with Gasteiger partial charge in [-0.15, -0.1) is 0 Å². The van der Waals surface area contributed by atoms with E-state index in [1.165, 1.54) is 12.2 Å². The summed E-state index contributed by atoms with van der Waals surface area (Å²) in [5.74, 6) is 1.31. The Morgan fingerprint density at radius 3 is 2.00 bits per heavy atom. The van der Waals surface area contributed by atoms with E-state index >= 15 is 0 Å². The first-order valence-corrected chi connectivity index (χ1v) is 9.45. The fourth-order valence-electron chi connectivity index (χ4n) is 0.646. The van der Waals surface area contributed by atoms with Crippen molar-refractivity contribution in [3.8, 4) is 0 Å². The number of rotatable bonds is 4. The van der Waals surface area contributed by atoms with Gasteiger partial charge in [0, 0.05) is 0 Å². The summed E-state index contributed by atoms with van der Waals surface area (Å²) in [6, 6.07) is 0. The van der Waals surface area contributed by atoms with Crippen molar-refractivity contribution in [1.82, 2.24) is 0 Å². The fraction of sp³-hybridized carbons (Fsp3) is 0.900. The molecule has 0 fully saturated rings. The first kappa shape index (κ1) is 16.6. The largest absolute Gasteiger partial charge is 1.00 e. The standard InChI is InChI=1S/C10H23SSi.Li/c1-7-8-9-11-12(5,6)10(2,3)4;/h1,7-9H2,2-6H3;/q-1;+1. The summed E-state index contributed by atoms with van der Waals surface area (Å²) in [7, 11) is -1.05. The van der Waals surface area contributed by atoms with Gasteiger partial charge in [0.1, 0.15) is 7.22 Å². The Hall–Kier alpha value is 1.16. The van der Waals surface area contributed by atoms with Crippen LogP contribution in [0.1, 0.15) is 33.6 Å². The molecule has 74 valence electrons. The van der Waals surface area contributed by atoms with Crippen LogP contribution >= 0.6 is 11.2 Å². The summed E-state index contributed by atoms with van der Waals surface area (Å²) in [6.45, 7) is 15.9. The molecule has 0 saturated carbocycles. The predicted octanol–water partition coefficient (Wildman–Crippen LogP) is 1.34. The maximum Gasteiger partial charge on any atom is 1.00 e. The van der Waals surface area contributed by atoms with Gasteiger partial charge in [-0.2, -0.15) is 17.6 Å². The molecule has 0 heterocycles. The van der Waals surface area contributed by atoms with Crippen LogP contribution in [-0.4, -0.2) is 13.0 Å². The Morgan fingerprint density at radius 1 is 1.23 bits per heavy atom. The summed E-state index contributed by atoms with van der Waals surface area (Å²) in [5.41, 5.74) is 0. The average molecular weight is 210 g/mol. The maximum atomic E-state index is 3.87. The summed E-state index contributed by atoms with van der Waals surface area (Å²) >= 11 is 2.21. The number of hydrogen-bond donors (Lipinski definition) is 0. The SMILES string of the molecule is [CH2-]CCCS[Si](C)(C)C(C)(C)C.[Li+]. The van der Waals surface area contributed by atoms with E-state index in [1.807, 2.05) is 0 Å². The van der Waals surface area contributed by atoms with Crippen molar-refractivity contribution in [3.05, 3.63) is 6.92 Å². The first-order chi connectivity index (χ1) is 5.31. The monoisotopic (exact) mass is 210 g/mol. The van der Waals surface area contributed by atoms with Crippen molar-refractivity contribution >= 4 is 18.4 Å². The number of hydrogen-bond acceptors (Lipinski definition) is 1. The summed E-state index contributed by atoms with van der Waals surface area (Å²) in [5, 5.41) is 0.527. The van der Waals surface area contributed by atoms with E-state index in [9.17, 15) is 0 Å². The molecule has 0 aliphatic heterocycles. The topological polar surface area (TPSA) is 0 Å². The molecule has 0 nitrogen and oxygen atoms in total. The van der Waals surface area contributed by atoms with Gasteiger partial charge in [0.2, 0.25) is 0 Å². The molecule has 0 unspecified atom stereocenters. The van der Waals surface area contributed by atoms with Gasteiger partial charge in [0.15, 0.2) is 0 Å². The van der Waals surface area contributed by atoms with Gasteiger partial charge in [-0.1, -0.05) is 40.3 Å². The van der Waals surface area contributed by atoms with E-state index in [0.29, 0.717) is 5.04 Å². The number of unbranched alkanes of at least 4 members (excludes halogenated alkanes) is 1. The Balaban J connectivity index is 0. The van der Waals surface area contributed by atoms with Crippen LogP contribution in [-0.2, 0) is 0 Å². The third-order valence-electron chi connectivity index (χ3n) is 2.66. The molecular formula is C10H23LiSSi. The third kappa shape index (κ3) is 6.28. The van der Waals surface area contributed by atoms with Crippen LogP contribution < -0.4 is 18.9 Å². The molecule has 13 heavy (non-hydrogen) atoms. The quantitative estimate of drug-likeness (QED) is 0.383. The zero-order valence-corrected chi connectivity index (χ0v) is 12.1. The van der Waals surface area contributed by atoms with Crippen molar-refractivity contribution in [1.29, 1.82) is 0 Å². The predicted molar refractivity (Wildman–Crippen MR) is 64.2 cm³/mol. The second kappa shape index (κ2) is 6.61. The van der Waals surface area contributed by atoms with Gasteiger partial charge in [0.05, 0.1) is 0 Å². The van der Waals surface area contributed by atoms with Gasteiger partial charge >= 0.3 is 18.9 Å². The second-order valence-electron chi connectivity index (χ2n) is 4.82. The summed E-state index contributed by atoms with van der Waals surface area (Å²) in [4.78, 5) is 0. The molecule has 0 spiro atoms. The van der Waals surface area contributed by atoms with Crippen molar-refractivity contribution in [2.24, 2.45) is 0 Å². The molecule has 0 amide bonds. The molecule has 0 aliphatic carbocycles. The molecule has 0 saturated heterocycles. The van der Waals surface area contributed by atoms with Crippen LogP contribution in [0, 0.1) is 6.92 Å². The van der Waals surface area contributed by atoms with Gasteiger partial charge in [-0.05, 0) is 10.8 Å². The molecule has 0 radical (unpaired) electrons. The molecule has 0 rings (SSSR count). The Bertz CT molecular complexity index is 129. The van der Waals surface area contributed by atoms with Gasteiger partial charge in [-0.25, -0.2) is 0 Å². The molecule has 0 N–H and O–H groups in total. The van der Waals surface area contributed by atoms with E-state index in [-0.39, 0.29) is 18.9 Å². The molecule has 0 bridgehead atoms. The van der Waals surface area contributed by atoms with Crippen LogP contribution in [0.15, 0.2) is 0 Å². The fourth-order valence-corrected chi connectivity index (χ4v) is 5.20. The van der Waals surface area contributed by atoms with Crippen LogP contribution in [0.2, 0.25) is 18.1 Å². The first-order valence-electron chi connectivity index (χ1n) is 4.74. The normalized spacial score (nSPS) is 12.5. The van der Waals surface area contributed by atoms with Crippen molar-refractivity contribution in [2.45, 2.75) is 51.7 Å². The molecule has 3 heteroatoms. The maximum absolute atomic E-state index is 3.87. The van der Waals surface area contributed by atoms with Gasteiger partial charge in [0.25, 0.3) is 0 Å². The van der Waals surface area contributed by atoms with Crippen molar-refractivity contribution < 1.29 is 18.9 Å². The Labute approximate surface area is 101 Å². The van der Waals surface area contributed by atoms with Crippen LogP contribution in [0.4, 0.5) is 0 Å². The third-order valence-corrected chi connectivity index (χ3v) is 12.1. The second-order valence-corrected chi connectivity index (χ2v) is 14.0. The Morgan fingerprint density at radius 2 is 1.69 bits per heavy atom. The van der Waals surface area contributed by atoms with E-state index in [2.05, 4.69) is 52.0 Å². The molecule has 0 aromatic carbocycles. The van der Waals surface area contributed by atoms with E-state index in [1.54, 1.807) is 0 Å². The zero-order valence-electron chi connectivity index (χ0n) is 10.2. The van der Waals surface area contributed by atoms with E-state index in [0.717, 1.165) is 6.42 Å². The van der Waals surface area contributed by atoms with E-state index in [4.69, 9.17) is 0 Å². The van der Waals surface area contributed by atoms with Crippen molar-refractivity contribution in [2.75, 3.05) is 5.75 Å². The minimum absolute atomic E-state index is 0. The van der Waals surface area contributed by atoms with Crippen molar-refractivity contribution in [3.63, 3.8) is 0 Å². The Kier molecular flexibility index (Phi) is 8.44. The summed E-state index contributed by atoms with van der Waals surface area (Å²) < 4.78 is 0. The van der Waals surface area contributed by atoms with Crippen LogP contribution in [0.3, 0.4) is 0 Å². The zero-order chi connectivity index (χ0) is 9.83. The smallest absolute Gasteiger partial charge is 0.343 e. The van der Waals surface area contributed by atoms with E-state index < -0.39 is 7.22 Å². The average Bonchev–Trinajstić information content (AvgIpc) is 1.85. The molecular weight excluding hydrogens is 187 g/mol. The molecule has 0 atom stereocenters.